The fraction of sp³-hybridized carbons (Fsp3) is 0.368. The molecule has 2 unspecified atom stereocenters. The predicted molar refractivity (Wildman–Crippen MR) is 94.7 cm³/mol. The zero-order chi connectivity index (χ0) is 15.9. The number of benzene rings is 2. The molecule has 1 aromatic heterocycles. The fourth-order valence-corrected chi connectivity index (χ4v) is 4.20. The third-order valence-electron chi connectivity index (χ3n) is 5.31. The lowest BCUT2D eigenvalue weighted by atomic mass is 10.1. The summed E-state index contributed by atoms with van der Waals surface area (Å²) in [6.45, 7) is 2.15. The Bertz CT molecular complexity index is 810. The number of fused-ring (bicyclic) bond motifs is 2. The summed E-state index contributed by atoms with van der Waals surface area (Å²) in [5.41, 5.74) is 3.29. The van der Waals surface area contributed by atoms with E-state index in [0.29, 0.717) is 6.17 Å². The van der Waals surface area contributed by atoms with Crippen molar-refractivity contribution in [2.24, 2.45) is 0 Å². The summed E-state index contributed by atoms with van der Waals surface area (Å²) >= 11 is 0. The van der Waals surface area contributed by atoms with Crippen molar-refractivity contribution in [1.82, 2.24) is 19.9 Å². The average molecular weight is 319 g/mol. The minimum atomic E-state index is 0.268. The van der Waals surface area contributed by atoms with E-state index in [1.165, 1.54) is 18.5 Å². The van der Waals surface area contributed by atoms with Crippen molar-refractivity contribution in [2.45, 2.75) is 31.6 Å². The molecule has 5 rings (SSSR count). The van der Waals surface area contributed by atoms with Crippen molar-refractivity contribution < 1.29 is 0 Å². The Balaban J connectivity index is 1.46. The maximum Gasteiger partial charge on any atom is 0.125 e. The molecule has 0 amide bonds. The molecule has 0 bridgehead atoms. The first kappa shape index (κ1) is 14.0. The summed E-state index contributed by atoms with van der Waals surface area (Å²) in [4.78, 5) is 7.07. The first-order valence-corrected chi connectivity index (χ1v) is 8.79. The Kier molecular flexibility index (Phi) is 3.26. The summed E-state index contributed by atoms with van der Waals surface area (Å²) in [7, 11) is 0. The van der Waals surface area contributed by atoms with Crippen LogP contribution in [0.5, 0.6) is 0 Å². The molecule has 3 heterocycles. The molecule has 2 aliphatic heterocycles. The zero-order valence-electron chi connectivity index (χ0n) is 13.6. The van der Waals surface area contributed by atoms with Gasteiger partial charge in [0.25, 0.3) is 0 Å². The Morgan fingerprint density at radius 2 is 1.42 bits per heavy atom. The van der Waals surface area contributed by atoms with E-state index < -0.39 is 0 Å². The normalized spacial score (nSPS) is 24.4. The maximum atomic E-state index is 4.74. The second-order valence-corrected chi connectivity index (χ2v) is 6.67. The smallest absolute Gasteiger partial charge is 0.125 e. The average Bonchev–Trinajstić information content (AvgIpc) is 3.26. The monoisotopic (exact) mass is 319 g/mol. The van der Waals surface area contributed by atoms with Crippen molar-refractivity contribution in [1.29, 1.82) is 0 Å². The number of para-hydroxylation sites is 1. The van der Waals surface area contributed by atoms with Gasteiger partial charge in [-0.2, -0.15) is 15.0 Å². The summed E-state index contributed by atoms with van der Waals surface area (Å²) in [6, 6.07) is 18.9. The van der Waals surface area contributed by atoms with Crippen LogP contribution in [0.15, 0.2) is 54.6 Å². The van der Waals surface area contributed by atoms with E-state index in [2.05, 4.69) is 40.1 Å². The SMILES string of the molecule is c1ccc(N2CCN3C2CCCC3n2nc3ccccc3n2)cc1. The van der Waals surface area contributed by atoms with Gasteiger partial charge in [-0.05, 0) is 43.5 Å². The van der Waals surface area contributed by atoms with Gasteiger partial charge in [0.2, 0.25) is 0 Å². The van der Waals surface area contributed by atoms with E-state index in [9.17, 15) is 0 Å². The van der Waals surface area contributed by atoms with Gasteiger partial charge in [0.1, 0.15) is 17.2 Å². The largest absolute Gasteiger partial charge is 0.354 e. The Morgan fingerprint density at radius 3 is 2.17 bits per heavy atom. The summed E-state index contributed by atoms with van der Waals surface area (Å²) < 4.78 is 0. The number of hydrogen-bond donors (Lipinski definition) is 0. The molecular weight excluding hydrogens is 298 g/mol. The van der Waals surface area contributed by atoms with Crippen LogP contribution in [0, 0.1) is 0 Å². The number of anilines is 1. The molecule has 0 radical (unpaired) electrons. The lowest BCUT2D eigenvalue weighted by Crippen LogP contribution is -2.46. The van der Waals surface area contributed by atoms with Crippen LogP contribution in [0.1, 0.15) is 25.4 Å². The number of hydrogen-bond acceptors (Lipinski definition) is 4. The van der Waals surface area contributed by atoms with Gasteiger partial charge in [0.15, 0.2) is 0 Å². The van der Waals surface area contributed by atoms with Gasteiger partial charge in [-0.25, -0.2) is 0 Å². The molecule has 2 atom stereocenters. The van der Waals surface area contributed by atoms with Crippen LogP contribution < -0.4 is 4.90 Å². The van der Waals surface area contributed by atoms with E-state index in [4.69, 9.17) is 10.2 Å². The van der Waals surface area contributed by atoms with Crippen molar-refractivity contribution in [2.75, 3.05) is 18.0 Å². The highest BCUT2D eigenvalue weighted by molar-refractivity contribution is 5.73. The molecule has 3 aromatic rings. The Morgan fingerprint density at radius 1 is 0.750 bits per heavy atom. The van der Waals surface area contributed by atoms with Crippen molar-refractivity contribution >= 4 is 16.7 Å². The number of nitrogens with zero attached hydrogens (tertiary/aromatic N) is 5. The molecule has 5 nitrogen and oxygen atoms in total. The van der Waals surface area contributed by atoms with Crippen LogP contribution in [0.3, 0.4) is 0 Å². The van der Waals surface area contributed by atoms with Crippen LogP contribution in [-0.4, -0.2) is 39.1 Å². The molecule has 2 aliphatic rings. The summed E-state index contributed by atoms with van der Waals surface area (Å²) in [6.07, 6.45) is 4.28. The Hall–Kier alpha value is -2.40. The minimum absolute atomic E-state index is 0.268. The van der Waals surface area contributed by atoms with Gasteiger partial charge in [-0.3, -0.25) is 4.90 Å². The highest BCUT2D eigenvalue weighted by Crippen LogP contribution is 2.37. The maximum absolute atomic E-state index is 4.74. The fourth-order valence-electron chi connectivity index (χ4n) is 4.20. The number of piperidine rings is 1. The zero-order valence-corrected chi connectivity index (χ0v) is 13.6. The highest BCUT2D eigenvalue weighted by atomic mass is 15.6. The van der Waals surface area contributed by atoms with Crippen molar-refractivity contribution in [3.63, 3.8) is 0 Å². The van der Waals surface area contributed by atoms with Crippen molar-refractivity contribution in [3.8, 4) is 0 Å². The molecule has 2 fully saturated rings. The van der Waals surface area contributed by atoms with Crippen LogP contribution >= 0.6 is 0 Å². The van der Waals surface area contributed by atoms with Gasteiger partial charge in [0.05, 0.1) is 6.17 Å². The lowest BCUT2D eigenvalue weighted by molar-refractivity contribution is 0.0563. The van der Waals surface area contributed by atoms with E-state index in [0.717, 1.165) is 30.5 Å². The molecule has 0 spiro atoms. The minimum Gasteiger partial charge on any atom is -0.354 e. The molecule has 2 aromatic carbocycles. The highest BCUT2D eigenvalue weighted by Gasteiger charge is 2.40. The van der Waals surface area contributed by atoms with Crippen LogP contribution in [-0.2, 0) is 0 Å². The van der Waals surface area contributed by atoms with Gasteiger partial charge in [0, 0.05) is 18.8 Å². The second kappa shape index (κ2) is 5.60. The van der Waals surface area contributed by atoms with Gasteiger partial charge >= 0.3 is 0 Å². The first-order valence-electron chi connectivity index (χ1n) is 8.79. The molecule has 5 heteroatoms. The van der Waals surface area contributed by atoms with Gasteiger partial charge < -0.3 is 4.90 Å². The Labute approximate surface area is 141 Å². The topological polar surface area (TPSA) is 37.2 Å². The molecule has 0 aliphatic carbocycles. The third-order valence-corrected chi connectivity index (χ3v) is 5.31. The van der Waals surface area contributed by atoms with Crippen molar-refractivity contribution in [3.05, 3.63) is 54.6 Å². The van der Waals surface area contributed by atoms with E-state index in [-0.39, 0.29) is 6.17 Å². The predicted octanol–water partition coefficient (Wildman–Crippen LogP) is 3.26. The molecule has 0 saturated carbocycles. The molecule has 24 heavy (non-hydrogen) atoms. The van der Waals surface area contributed by atoms with E-state index >= 15 is 0 Å². The van der Waals surface area contributed by atoms with Gasteiger partial charge in [-0.15, -0.1) is 0 Å². The lowest BCUT2D eigenvalue weighted by Gasteiger charge is -2.39. The number of aromatic nitrogens is 3. The van der Waals surface area contributed by atoms with Crippen LogP contribution in [0.2, 0.25) is 0 Å². The van der Waals surface area contributed by atoms with Crippen LogP contribution in [0.4, 0.5) is 5.69 Å². The van der Waals surface area contributed by atoms with E-state index in [1.54, 1.807) is 0 Å². The second-order valence-electron chi connectivity index (χ2n) is 6.67. The number of rotatable bonds is 2. The van der Waals surface area contributed by atoms with Crippen LogP contribution in [0.25, 0.3) is 11.0 Å². The van der Waals surface area contributed by atoms with E-state index in [1.807, 2.05) is 29.1 Å². The molecular formula is C19H21N5. The third kappa shape index (κ3) is 2.19. The summed E-state index contributed by atoms with van der Waals surface area (Å²) in [5, 5.41) is 9.48. The first-order chi connectivity index (χ1) is 11.9. The molecule has 2 saturated heterocycles. The molecule has 0 N–H and O–H groups in total. The summed E-state index contributed by atoms with van der Waals surface area (Å²) in [5.74, 6) is 0. The standard InChI is InChI=1S/C19H21N5/c1-2-7-15(8-3-1)22-13-14-23-18(22)11-6-12-19(23)24-20-16-9-4-5-10-17(16)21-24/h1-5,7-10,18-19H,6,11-14H2. The molecule has 122 valence electrons. The quantitative estimate of drug-likeness (QED) is 0.726. The van der Waals surface area contributed by atoms with Gasteiger partial charge in [-0.1, -0.05) is 30.3 Å².